The Morgan fingerprint density at radius 2 is 1.83 bits per heavy atom. The van der Waals surface area contributed by atoms with Crippen molar-refractivity contribution in [2.24, 2.45) is 0 Å². The number of morpholine rings is 1. The van der Waals surface area contributed by atoms with E-state index in [1.54, 1.807) is 30.3 Å². The van der Waals surface area contributed by atoms with Crippen LogP contribution in [-0.4, -0.2) is 62.1 Å². The second-order valence-corrected chi connectivity index (χ2v) is 9.10. The number of benzene rings is 2. The molecule has 1 aromatic heterocycles. The summed E-state index contributed by atoms with van der Waals surface area (Å²) in [5.74, 6) is 0.0500. The number of H-pyrrole nitrogens is 1. The van der Waals surface area contributed by atoms with Crippen LogP contribution < -0.4 is 10.3 Å². The summed E-state index contributed by atoms with van der Waals surface area (Å²) in [6.07, 6.45) is 0.557. The molecule has 0 atom stereocenters. The zero-order valence-electron chi connectivity index (χ0n) is 16.5. The Labute approximate surface area is 174 Å². The first kappa shape index (κ1) is 20.5. The Morgan fingerprint density at radius 1 is 1.07 bits per heavy atom. The third-order valence-corrected chi connectivity index (χ3v) is 6.47. The standard InChI is InChI=1S/C21H24N4O4S/c26-21-19-8-2-1-7-18(19)20(22-23-21)16-5-3-6-17(15-16)24-30(27,28)14-4-9-25-10-12-29-13-11-25/h1-3,5-8,15,24H,4,9-14H2,(H,23,26). The minimum absolute atomic E-state index is 0.0500. The molecule has 1 aliphatic heterocycles. The fourth-order valence-corrected chi connectivity index (χ4v) is 4.70. The molecule has 0 bridgehead atoms. The van der Waals surface area contributed by atoms with Gasteiger partial charge in [-0.25, -0.2) is 13.5 Å². The number of rotatable bonds is 7. The number of nitrogens with zero attached hydrogens (tertiary/aromatic N) is 2. The summed E-state index contributed by atoms with van der Waals surface area (Å²) in [6.45, 7) is 3.82. The molecule has 1 aliphatic rings. The third-order valence-electron chi connectivity index (χ3n) is 5.10. The highest BCUT2D eigenvalue weighted by Crippen LogP contribution is 2.26. The quantitative estimate of drug-likeness (QED) is 0.597. The molecule has 2 N–H and O–H groups in total. The van der Waals surface area contributed by atoms with Gasteiger partial charge in [0.25, 0.3) is 5.56 Å². The maximum atomic E-state index is 12.5. The summed E-state index contributed by atoms with van der Waals surface area (Å²) in [7, 11) is -3.47. The van der Waals surface area contributed by atoms with Crippen molar-refractivity contribution >= 4 is 26.5 Å². The van der Waals surface area contributed by atoms with E-state index < -0.39 is 10.0 Å². The second-order valence-electron chi connectivity index (χ2n) is 7.26. The maximum absolute atomic E-state index is 12.5. The number of aromatic nitrogens is 2. The maximum Gasteiger partial charge on any atom is 0.272 e. The van der Waals surface area contributed by atoms with Crippen molar-refractivity contribution < 1.29 is 13.2 Å². The number of anilines is 1. The van der Waals surface area contributed by atoms with Gasteiger partial charge in [0.15, 0.2) is 0 Å². The van der Waals surface area contributed by atoms with Gasteiger partial charge < -0.3 is 4.74 Å². The first-order valence-electron chi connectivity index (χ1n) is 9.90. The van der Waals surface area contributed by atoms with Crippen LogP contribution in [0.25, 0.3) is 22.0 Å². The van der Waals surface area contributed by atoms with Crippen LogP contribution >= 0.6 is 0 Å². The highest BCUT2D eigenvalue weighted by atomic mass is 32.2. The zero-order valence-corrected chi connectivity index (χ0v) is 17.3. The Balaban J connectivity index is 1.48. The number of sulfonamides is 1. The highest BCUT2D eigenvalue weighted by Gasteiger charge is 2.15. The molecule has 0 aliphatic carbocycles. The SMILES string of the molecule is O=c1[nH]nc(-c2cccc(NS(=O)(=O)CCCN3CCOCC3)c2)c2ccccc12. The van der Waals surface area contributed by atoms with Gasteiger partial charge in [-0.1, -0.05) is 30.3 Å². The van der Waals surface area contributed by atoms with Crippen molar-refractivity contribution in [3.8, 4) is 11.3 Å². The van der Waals surface area contributed by atoms with Gasteiger partial charge in [0.2, 0.25) is 10.0 Å². The van der Waals surface area contributed by atoms with Crippen molar-refractivity contribution in [3.63, 3.8) is 0 Å². The van der Waals surface area contributed by atoms with E-state index >= 15 is 0 Å². The van der Waals surface area contributed by atoms with Crippen molar-refractivity contribution in [2.75, 3.05) is 43.3 Å². The molecule has 2 aromatic carbocycles. The van der Waals surface area contributed by atoms with E-state index in [1.165, 1.54) is 0 Å². The summed E-state index contributed by atoms with van der Waals surface area (Å²) < 4.78 is 33.0. The Morgan fingerprint density at radius 3 is 2.63 bits per heavy atom. The predicted octanol–water partition coefficient (Wildman–Crippen LogP) is 2.05. The minimum atomic E-state index is -3.47. The van der Waals surface area contributed by atoms with E-state index in [4.69, 9.17) is 4.74 Å². The summed E-state index contributed by atoms with van der Waals surface area (Å²) in [6, 6.07) is 14.2. The number of hydrogen-bond acceptors (Lipinski definition) is 6. The van der Waals surface area contributed by atoms with Gasteiger partial charge >= 0.3 is 0 Å². The van der Waals surface area contributed by atoms with Gasteiger partial charge in [-0.2, -0.15) is 5.10 Å². The molecule has 0 spiro atoms. The van der Waals surface area contributed by atoms with Crippen molar-refractivity contribution in [3.05, 3.63) is 58.9 Å². The van der Waals surface area contributed by atoms with E-state index in [2.05, 4.69) is 19.8 Å². The molecule has 4 rings (SSSR count). The molecule has 0 amide bonds. The lowest BCUT2D eigenvalue weighted by molar-refractivity contribution is 0.0381. The van der Waals surface area contributed by atoms with Crippen LogP contribution in [0.15, 0.2) is 53.3 Å². The molecule has 158 valence electrons. The lowest BCUT2D eigenvalue weighted by Gasteiger charge is -2.26. The molecule has 9 heteroatoms. The number of aromatic amines is 1. The van der Waals surface area contributed by atoms with Crippen LogP contribution in [0, 0.1) is 0 Å². The molecule has 1 fully saturated rings. The molecular weight excluding hydrogens is 404 g/mol. The average molecular weight is 429 g/mol. The molecule has 8 nitrogen and oxygen atoms in total. The summed E-state index contributed by atoms with van der Waals surface area (Å²) in [5, 5.41) is 7.95. The highest BCUT2D eigenvalue weighted by molar-refractivity contribution is 7.92. The lowest BCUT2D eigenvalue weighted by Crippen LogP contribution is -2.37. The monoisotopic (exact) mass is 428 g/mol. The number of hydrogen-bond donors (Lipinski definition) is 2. The topological polar surface area (TPSA) is 104 Å². The van der Waals surface area contributed by atoms with E-state index in [0.717, 1.165) is 25.2 Å². The van der Waals surface area contributed by atoms with Gasteiger partial charge in [0, 0.05) is 29.7 Å². The molecular formula is C21H24N4O4S. The molecule has 0 saturated carbocycles. The molecule has 0 unspecified atom stereocenters. The van der Waals surface area contributed by atoms with Crippen LogP contribution in [0.2, 0.25) is 0 Å². The van der Waals surface area contributed by atoms with Gasteiger partial charge in [0.1, 0.15) is 0 Å². The fraction of sp³-hybridized carbons (Fsp3) is 0.333. The van der Waals surface area contributed by atoms with Crippen LogP contribution in [0.5, 0.6) is 0 Å². The van der Waals surface area contributed by atoms with Gasteiger partial charge in [0.05, 0.1) is 30.0 Å². The largest absolute Gasteiger partial charge is 0.379 e. The first-order valence-corrected chi connectivity index (χ1v) is 11.6. The van der Waals surface area contributed by atoms with Gasteiger partial charge in [-0.05, 0) is 31.2 Å². The molecule has 0 radical (unpaired) electrons. The van der Waals surface area contributed by atoms with Gasteiger partial charge in [-0.3, -0.25) is 14.4 Å². The summed E-state index contributed by atoms with van der Waals surface area (Å²) in [5.41, 5.74) is 1.52. The number of fused-ring (bicyclic) bond motifs is 1. The average Bonchev–Trinajstić information content (AvgIpc) is 2.75. The fourth-order valence-electron chi connectivity index (χ4n) is 3.60. The lowest BCUT2D eigenvalue weighted by atomic mass is 10.0. The summed E-state index contributed by atoms with van der Waals surface area (Å²) >= 11 is 0. The van der Waals surface area contributed by atoms with E-state index in [0.29, 0.717) is 41.8 Å². The Kier molecular flexibility index (Phi) is 6.12. The smallest absolute Gasteiger partial charge is 0.272 e. The molecule has 2 heterocycles. The van der Waals surface area contributed by atoms with E-state index in [-0.39, 0.29) is 11.3 Å². The normalized spacial score (nSPS) is 15.3. The van der Waals surface area contributed by atoms with Crippen LogP contribution in [-0.2, 0) is 14.8 Å². The first-order chi connectivity index (χ1) is 14.5. The van der Waals surface area contributed by atoms with Gasteiger partial charge in [-0.15, -0.1) is 0 Å². The van der Waals surface area contributed by atoms with Crippen molar-refractivity contribution in [2.45, 2.75) is 6.42 Å². The Hall–Kier alpha value is -2.75. The van der Waals surface area contributed by atoms with Crippen LogP contribution in [0.3, 0.4) is 0 Å². The second kappa shape index (κ2) is 8.95. The van der Waals surface area contributed by atoms with Crippen molar-refractivity contribution in [1.29, 1.82) is 0 Å². The number of ether oxygens (including phenoxy) is 1. The third kappa shape index (κ3) is 4.86. The van der Waals surface area contributed by atoms with Crippen LogP contribution in [0.4, 0.5) is 5.69 Å². The predicted molar refractivity (Wildman–Crippen MR) is 117 cm³/mol. The molecule has 1 saturated heterocycles. The van der Waals surface area contributed by atoms with Crippen molar-refractivity contribution in [1.82, 2.24) is 15.1 Å². The van der Waals surface area contributed by atoms with Crippen LogP contribution in [0.1, 0.15) is 6.42 Å². The number of nitrogens with one attached hydrogen (secondary N) is 2. The molecule has 3 aromatic rings. The van der Waals surface area contributed by atoms with E-state index in [1.807, 2.05) is 18.2 Å². The zero-order chi connectivity index (χ0) is 21.0. The molecule has 30 heavy (non-hydrogen) atoms. The summed E-state index contributed by atoms with van der Waals surface area (Å²) in [4.78, 5) is 14.2. The van der Waals surface area contributed by atoms with E-state index in [9.17, 15) is 13.2 Å². The minimum Gasteiger partial charge on any atom is -0.379 e. The Bertz CT molecular complexity index is 1190.